The minimum absolute atomic E-state index is 0.0392. The fourth-order valence-electron chi connectivity index (χ4n) is 4.84. The highest BCUT2D eigenvalue weighted by atomic mass is 31.2. The minimum Gasteiger partial charge on any atom is -0.479 e. The monoisotopic (exact) mass is 671 g/mol. The first-order valence-electron chi connectivity index (χ1n) is 14.1. The van der Waals surface area contributed by atoms with E-state index < -0.39 is 56.2 Å². The SMILES string of the molecule is COc1nc(N)nc2c1ncn2[C@@H]1O[C@H](COP(=O)(N[C@@H](C)C(=O)OCc2ccccc2)Oc2ccc(F)cc2)[C@@H](O)[C@@]1(C)N=[N+]=[N-]. The molecule has 5 rings (SSSR count). The van der Waals surface area contributed by atoms with Gasteiger partial charge in [-0.05, 0) is 49.2 Å². The molecule has 2 aromatic carbocycles. The third-order valence-corrected chi connectivity index (χ3v) is 8.89. The van der Waals surface area contributed by atoms with Crippen LogP contribution in [-0.2, 0) is 30.0 Å². The average Bonchev–Trinajstić information content (AvgIpc) is 3.57. The Morgan fingerprint density at radius 3 is 2.68 bits per heavy atom. The summed E-state index contributed by atoms with van der Waals surface area (Å²) < 4.78 is 57.0. The van der Waals surface area contributed by atoms with E-state index in [2.05, 4.69) is 30.1 Å². The van der Waals surface area contributed by atoms with Crippen LogP contribution in [0.3, 0.4) is 0 Å². The van der Waals surface area contributed by atoms with Crippen LogP contribution in [0, 0.1) is 5.82 Å². The number of carbonyl (C=O) groups is 1. The molecule has 2 aromatic heterocycles. The maximum Gasteiger partial charge on any atom is 0.459 e. The van der Waals surface area contributed by atoms with Gasteiger partial charge in [0.15, 0.2) is 17.4 Å². The molecule has 19 heteroatoms. The van der Waals surface area contributed by atoms with Crippen LogP contribution < -0.4 is 20.1 Å². The highest BCUT2D eigenvalue weighted by molar-refractivity contribution is 7.52. The van der Waals surface area contributed by atoms with Gasteiger partial charge in [-0.15, -0.1) is 0 Å². The van der Waals surface area contributed by atoms with Gasteiger partial charge in [-0.1, -0.05) is 35.4 Å². The Balaban J connectivity index is 1.38. The second kappa shape index (κ2) is 13.9. The lowest BCUT2D eigenvalue weighted by atomic mass is 9.93. The zero-order chi connectivity index (χ0) is 33.8. The maximum absolute atomic E-state index is 14.1. The average molecular weight is 672 g/mol. The van der Waals surface area contributed by atoms with Crippen molar-refractivity contribution in [2.45, 2.75) is 50.5 Å². The van der Waals surface area contributed by atoms with E-state index in [1.807, 2.05) is 6.07 Å². The first kappa shape index (κ1) is 33.5. The summed E-state index contributed by atoms with van der Waals surface area (Å²) in [6.45, 7) is 2.19. The highest BCUT2D eigenvalue weighted by Gasteiger charge is 2.55. The summed E-state index contributed by atoms with van der Waals surface area (Å²) >= 11 is 0. The lowest BCUT2D eigenvalue weighted by Gasteiger charge is -2.28. The van der Waals surface area contributed by atoms with Crippen molar-refractivity contribution in [1.82, 2.24) is 24.6 Å². The summed E-state index contributed by atoms with van der Waals surface area (Å²) in [5.41, 5.74) is 14.7. The molecule has 6 atom stereocenters. The van der Waals surface area contributed by atoms with E-state index in [0.717, 1.165) is 17.7 Å². The summed E-state index contributed by atoms with van der Waals surface area (Å²) in [6, 6.07) is 12.3. The molecule has 0 aliphatic carbocycles. The van der Waals surface area contributed by atoms with Crippen LogP contribution in [0.25, 0.3) is 21.6 Å². The summed E-state index contributed by atoms with van der Waals surface area (Å²) in [5.74, 6) is -1.44. The Labute approximate surface area is 267 Å². The summed E-state index contributed by atoms with van der Waals surface area (Å²) in [7, 11) is -3.10. The molecule has 47 heavy (non-hydrogen) atoms. The van der Waals surface area contributed by atoms with Crippen molar-refractivity contribution < 1.29 is 42.1 Å². The molecule has 248 valence electrons. The number of azide groups is 1. The van der Waals surface area contributed by atoms with E-state index in [9.17, 15) is 24.4 Å². The van der Waals surface area contributed by atoms with E-state index >= 15 is 0 Å². The number of imidazole rings is 1. The number of methoxy groups -OCH3 is 1. The Hall–Kier alpha value is -4.83. The van der Waals surface area contributed by atoms with Gasteiger partial charge in [-0.2, -0.15) is 15.1 Å². The van der Waals surface area contributed by atoms with Crippen molar-refractivity contribution in [3.63, 3.8) is 0 Å². The van der Waals surface area contributed by atoms with E-state index in [1.54, 1.807) is 24.3 Å². The molecule has 1 aliphatic rings. The van der Waals surface area contributed by atoms with Gasteiger partial charge in [-0.3, -0.25) is 13.9 Å². The van der Waals surface area contributed by atoms with E-state index in [1.165, 1.54) is 44.0 Å². The molecule has 17 nitrogen and oxygen atoms in total. The third-order valence-electron chi connectivity index (χ3n) is 7.24. The lowest BCUT2D eigenvalue weighted by Crippen LogP contribution is -2.43. The molecule has 0 amide bonds. The molecule has 1 aliphatic heterocycles. The van der Waals surface area contributed by atoms with Gasteiger partial charge in [0, 0.05) is 4.91 Å². The zero-order valence-electron chi connectivity index (χ0n) is 25.3. The second-order valence-corrected chi connectivity index (χ2v) is 12.3. The van der Waals surface area contributed by atoms with Gasteiger partial charge >= 0.3 is 13.7 Å². The predicted octanol–water partition coefficient (Wildman–Crippen LogP) is 3.81. The maximum atomic E-state index is 14.1. The molecule has 0 bridgehead atoms. The Morgan fingerprint density at radius 2 is 2.00 bits per heavy atom. The molecule has 1 saturated heterocycles. The molecule has 3 heterocycles. The number of benzene rings is 2. The van der Waals surface area contributed by atoms with Gasteiger partial charge in [0.1, 0.15) is 35.9 Å². The first-order chi connectivity index (χ1) is 22.5. The number of esters is 1. The van der Waals surface area contributed by atoms with Gasteiger partial charge in [0.25, 0.3) is 0 Å². The molecule has 4 aromatic rings. The number of fused-ring (bicyclic) bond motifs is 1. The van der Waals surface area contributed by atoms with Crippen LogP contribution in [0.1, 0.15) is 25.6 Å². The van der Waals surface area contributed by atoms with Gasteiger partial charge in [0.2, 0.25) is 11.8 Å². The molecule has 4 N–H and O–H groups in total. The van der Waals surface area contributed by atoms with Crippen LogP contribution in [0.5, 0.6) is 11.6 Å². The number of aliphatic hydroxyl groups is 1. The van der Waals surface area contributed by atoms with Crippen LogP contribution >= 0.6 is 7.75 Å². The smallest absolute Gasteiger partial charge is 0.459 e. The largest absolute Gasteiger partial charge is 0.479 e. The Morgan fingerprint density at radius 1 is 1.28 bits per heavy atom. The number of ether oxygens (including phenoxy) is 3. The number of aliphatic hydroxyl groups excluding tert-OH is 1. The Kier molecular flexibility index (Phi) is 9.91. The van der Waals surface area contributed by atoms with Crippen molar-refractivity contribution >= 4 is 30.8 Å². The van der Waals surface area contributed by atoms with Crippen LogP contribution in [0.15, 0.2) is 66.0 Å². The molecule has 0 radical (unpaired) electrons. The fraction of sp³-hybridized carbons (Fsp3) is 0.357. The molecule has 1 fully saturated rings. The third kappa shape index (κ3) is 7.28. The lowest BCUT2D eigenvalue weighted by molar-refractivity contribution is -0.146. The Bertz CT molecular complexity index is 1830. The summed E-state index contributed by atoms with van der Waals surface area (Å²) in [6.07, 6.45) is -2.71. The highest BCUT2D eigenvalue weighted by Crippen LogP contribution is 2.48. The number of hydrogen-bond acceptors (Lipinski definition) is 13. The summed E-state index contributed by atoms with van der Waals surface area (Å²) in [5, 5.41) is 17.7. The van der Waals surface area contributed by atoms with Crippen LogP contribution in [0.4, 0.5) is 10.3 Å². The number of nitrogens with two attached hydrogens (primary N) is 1. The molecule has 1 unspecified atom stereocenters. The number of anilines is 1. The number of hydrogen-bond donors (Lipinski definition) is 3. The predicted molar refractivity (Wildman–Crippen MR) is 163 cm³/mol. The van der Waals surface area contributed by atoms with E-state index in [-0.39, 0.29) is 35.3 Å². The number of rotatable bonds is 13. The van der Waals surface area contributed by atoms with Crippen LogP contribution in [0.2, 0.25) is 0 Å². The fourth-order valence-corrected chi connectivity index (χ4v) is 6.34. The van der Waals surface area contributed by atoms with Crippen molar-refractivity contribution in [3.05, 3.63) is 82.7 Å². The minimum atomic E-state index is -4.48. The molecule has 0 spiro atoms. The molecule has 0 saturated carbocycles. The van der Waals surface area contributed by atoms with Crippen molar-refractivity contribution in [1.29, 1.82) is 0 Å². The topological polar surface area (TPSA) is 231 Å². The number of halogens is 1. The number of nitrogens with zero attached hydrogens (tertiary/aromatic N) is 7. The summed E-state index contributed by atoms with van der Waals surface area (Å²) in [4.78, 5) is 28.1. The zero-order valence-corrected chi connectivity index (χ0v) is 26.2. The number of nitrogens with one attached hydrogen (secondary N) is 1. The van der Waals surface area contributed by atoms with Crippen molar-refractivity contribution in [3.8, 4) is 11.6 Å². The van der Waals surface area contributed by atoms with Crippen LogP contribution in [-0.4, -0.2) is 68.1 Å². The van der Waals surface area contributed by atoms with Crippen molar-refractivity contribution in [2.24, 2.45) is 5.11 Å². The first-order valence-corrected chi connectivity index (χ1v) is 15.6. The standard InChI is InChI=1S/C28H31FN9O8P/c1-16(25(40)43-13-17-7-5-4-6-8-17)35-47(41,46-19-11-9-18(29)10-12-19)44-14-20-22(39)28(2,36-37-31)26(45-20)38-15-32-21-23(38)33-27(30)34-24(21)42-3/h4-12,15-16,20,22,26,39H,13-14H2,1-3H3,(H,35,41)(H2,30,33,34)/t16-,20+,22+,26+,28+,47?/m0/s1. The normalized spacial score (nSPS) is 22.6. The number of nitrogen functional groups attached to an aromatic ring is 1. The van der Waals surface area contributed by atoms with E-state index in [4.69, 9.17) is 29.0 Å². The van der Waals surface area contributed by atoms with Gasteiger partial charge < -0.3 is 29.6 Å². The number of carbonyl (C=O) groups excluding carboxylic acids is 1. The van der Waals surface area contributed by atoms with E-state index in [0.29, 0.717) is 0 Å². The quantitative estimate of drug-likeness (QED) is 0.0604. The number of aromatic nitrogens is 4. The molecular weight excluding hydrogens is 640 g/mol. The van der Waals surface area contributed by atoms with Gasteiger partial charge in [-0.25, -0.2) is 13.9 Å². The molecular formula is C28H31FN9O8P. The van der Waals surface area contributed by atoms with Gasteiger partial charge in [0.05, 0.1) is 26.1 Å². The van der Waals surface area contributed by atoms with Crippen molar-refractivity contribution in [2.75, 3.05) is 19.5 Å². The second-order valence-electron chi connectivity index (χ2n) is 10.6.